The number of nitrogens with one attached hydrogen (secondary N) is 1. The van der Waals surface area contributed by atoms with Gasteiger partial charge in [-0.2, -0.15) is 4.68 Å². The zero-order chi connectivity index (χ0) is 24.8. The van der Waals surface area contributed by atoms with Gasteiger partial charge in [0, 0.05) is 23.2 Å². The Kier molecular flexibility index (Phi) is 8.25. The number of hydrogen-bond acceptors (Lipinski definition) is 5. The Morgan fingerprint density at radius 1 is 1.11 bits per heavy atom. The standard InChI is InChI=1S/C26H32ClN5O3/c1-19(2)28-24(33)18-31-25(20-7-6-8-21(27)17-20)29-32(26(31)34)22-9-11-23(12-10-22)35-16-15-30-13-4-3-5-14-30/h6-12,17,19H,3-5,13-16,18H2,1-2H3,(H,28,33). The fourth-order valence-electron chi connectivity index (χ4n) is 4.22. The molecule has 0 spiro atoms. The molecule has 1 aliphatic rings. The molecule has 0 atom stereocenters. The zero-order valence-corrected chi connectivity index (χ0v) is 21.0. The van der Waals surface area contributed by atoms with Crippen LogP contribution in [0.15, 0.2) is 53.3 Å². The van der Waals surface area contributed by atoms with Gasteiger partial charge in [-0.05, 0) is 76.2 Å². The summed E-state index contributed by atoms with van der Waals surface area (Å²) in [5, 5.41) is 7.91. The maximum Gasteiger partial charge on any atom is 0.351 e. The average molecular weight is 498 g/mol. The molecule has 186 valence electrons. The summed E-state index contributed by atoms with van der Waals surface area (Å²) in [6.45, 7) is 7.41. The molecule has 0 saturated carbocycles. The molecule has 2 heterocycles. The lowest BCUT2D eigenvalue weighted by Crippen LogP contribution is -2.36. The SMILES string of the molecule is CC(C)NC(=O)Cn1c(-c2cccc(Cl)c2)nn(-c2ccc(OCCN3CCCCC3)cc2)c1=O. The lowest BCUT2D eigenvalue weighted by atomic mass is 10.1. The first-order valence-corrected chi connectivity index (χ1v) is 12.5. The van der Waals surface area contributed by atoms with E-state index in [0.29, 0.717) is 28.7 Å². The quantitative estimate of drug-likeness (QED) is 0.487. The van der Waals surface area contributed by atoms with Gasteiger partial charge in [0.25, 0.3) is 0 Å². The van der Waals surface area contributed by atoms with Gasteiger partial charge in [-0.15, -0.1) is 5.10 Å². The number of halogens is 1. The number of benzene rings is 2. The summed E-state index contributed by atoms with van der Waals surface area (Å²) in [7, 11) is 0. The second-order valence-corrected chi connectivity index (χ2v) is 9.52. The Hall–Kier alpha value is -3.10. The van der Waals surface area contributed by atoms with Crippen molar-refractivity contribution in [1.29, 1.82) is 0 Å². The summed E-state index contributed by atoms with van der Waals surface area (Å²) >= 11 is 6.18. The number of aromatic nitrogens is 3. The predicted octanol–water partition coefficient (Wildman–Crippen LogP) is 3.74. The largest absolute Gasteiger partial charge is 0.492 e. The van der Waals surface area contributed by atoms with Crippen LogP contribution >= 0.6 is 11.6 Å². The van der Waals surface area contributed by atoms with Crippen molar-refractivity contribution in [3.63, 3.8) is 0 Å². The molecule has 0 bridgehead atoms. The number of ether oxygens (including phenoxy) is 1. The molecule has 35 heavy (non-hydrogen) atoms. The van der Waals surface area contributed by atoms with E-state index in [9.17, 15) is 9.59 Å². The van der Waals surface area contributed by atoms with Crippen LogP contribution in [0.4, 0.5) is 0 Å². The molecule has 1 saturated heterocycles. The third-order valence-corrected chi connectivity index (χ3v) is 6.14. The minimum absolute atomic E-state index is 0.0367. The van der Waals surface area contributed by atoms with Gasteiger partial charge in [-0.25, -0.2) is 4.79 Å². The summed E-state index contributed by atoms with van der Waals surface area (Å²) in [4.78, 5) is 28.2. The van der Waals surface area contributed by atoms with Crippen LogP contribution in [0.25, 0.3) is 17.1 Å². The van der Waals surface area contributed by atoms with E-state index >= 15 is 0 Å². The van der Waals surface area contributed by atoms with Crippen molar-refractivity contribution in [3.8, 4) is 22.8 Å². The van der Waals surface area contributed by atoms with Gasteiger partial charge in [0.05, 0.1) is 5.69 Å². The molecule has 4 rings (SSSR count). The van der Waals surface area contributed by atoms with E-state index in [1.54, 1.807) is 30.3 Å². The third-order valence-electron chi connectivity index (χ3n) is 5.90. The van der Waals surface area contributed by atoms with E-state index in [1.165, 1.54) is 28.5 Å². The van der Waals surface area contributed by atoms with Crippen LogP contribution in [0.3, 0.4) is 0 Å². The lowest BCUT2D eigenvalue weighted by Gasteiger charge is -2.26. The van der Waals surface area contributed by atoms with E-state index in [-0.39, 0.29) is 18.5 Å². The van der Waals surface area contributed by atoms with E-state index in [2.05, 4.69) is 15.3 Å². The van der Waals surface area contributed by atoms with Gasteiger partial charge in [-0.3, -0.25) is 14.3 Å². The normalized spacial score (nSPS) is 14.3. The van der Waals surface area contributed by atoms with Crippen LogP contribution in [0.1, 0.15) is 33.1 Å². The first-order chi connectivity index (χ1) is 16.9. The second kappa shape index (κ2) is 11.6. The van der Waals surface area contributed by atoms with Gasteiger partial charge >= 0.3 is 5.69 Å². The van der Waals surface area contributed by atoms with Gasteiger partial charge in [0.15, 0.2) is 5.82 Å². The van der Waals surface area contributed by atoms with E-state index < -0.39 is 5.69 Å². The molecular formula is C26H32ClN5O3. The van der Waals surface area contributed by atoms with Crippen LogP contribution in [0.2, 0.25) is 5.02 Å². The molecule has 1 aliphatic heterocycles. The maximum absolute atomic E-state index is 13.3. The topological polar surface area (TPSA) is 81.4 Å². The first kappa shape index (κ1) is 25.0. The number of nitrogens with zero attached hydrogens (tertiary/aromatic N) is 4. The Balaban J connectivity index is 1.55. The van der Waals surface area contributed by atoms with Crippen molar-refractivity contribution in [2.45, 2.75) is 45.7 Å². The summed E-state index contributed by atoms with van der Waals surface area (Å²) in [6.07, 6.45) is 3.83. The molecule has 3 aromatic rings. The fraction of sp³-hybridized carbons (Fsp3) is 0.423. The summed E-state index contributed by atoms with van der Waals surface area (Å²) in [6, 6.07) is 14.3. The Labute approximate surface area is 210 Å². The summed E-state index contributed by atoms with van der Waals surface area (Å²) in [5.41, 5.74) is 0.839. The monoisotopic (exact) mass is 497 g/mol. The Morgan fingerprint density at radius 3 is 2.54 bits per heavy atom. The van der Waals surface area contributed by atoms with Gasteiger partial charge in [-0.1, -0.05) is 30.2 Å². The highest BCUT2D eigenvalue weighted by atomic mass is 35.5. The van der Waals surface area contributed by atoms with Crippen molar-refractivity contribution in [2.75, 3.05) is 26.2 Å². The summed E-state index contributed by atoms with van der Waals surface area (Å²) in [5.74, 6) is 0.852. The molecule has 1 fully saturated rings. The highest BCUT2D eigenvalue weighted by molar-refractivity contribution is 6.30. The number of amides is 1. The molecule has 1 N–H and O–H groups in total. The number of rotatable bonds is 9. The van der Waals surface area contributed by atoms with E-state index in [0.717, 1.165) is 25.4 Å². The Bertz CT molecular complexity index is 1200. The number of carbonyl (C=O) groups excluding carboxylic acids is 1. The van der Waals surface area contributed by atoms with Crippen LogP contribution in [-0.4, -0.2) is 57.4 Å². The highest BCUT2D eigenvalue weighted by Gasteiger charge is 2.19. The zero-order valence-electron chi connectivity index (χ0n) is 20.2. The minimum Gasteiger partial charge on any atom is -0.492 e. The van der Waals surface area contributed by atoms with Crippen molar-refractivity contribution >= 4 is 17.5 Å². The van der Waals surface area contributed by atoms with Gasteiger partial charge < -0.3 is 10.1 Å². The average Bonchev–Trinajstić information content (AvgIpc) is 3.15. The molecule has 1 aromatic heterocycles. The third kappa shape index (κ3) is 6.52. The lowest BCUT2D eigenvalue weighted by molar-refractivity contribution is -0.122. The predicted molar refractivity (Wildman–Crippen MR) is 137 cm³/mol. The number of carbonyl (C=O) groups is 1. The van der Waals surface area contributed by atoms with Gasteiger partial charge in [0.2, 0.25) is 5.91 Å². The Morgan fingerprint density at radius 2 is 1.86 bits per heavy atom. The minimum atomic E-state index is -0.405. The van der Waals surface area contributed by atoms with Gasteiger partial charge in [0.1, 0.15) is 18.9 Å². The molecule has 0 radical (unpaired) electrons. The fourth-order valence-corrected chi connectivity index (χ4v) is 4.41. The van der Waals surface area contributed by atoms with Crippen molar-refractivity contribution < 1.29 is 9.53 Å². The smallest absolute Gasteiger partial charge is 0.351 e. The van der Waals surface area contributed by atoms with Crippen molar-refractivity contribution in [3.05, 3.63) is 64.0 Å². The number of piperidine rings is 1. The highest BCUT2D eigenvalue weighted by Crippen LogP contribution is 2.22. The van der Waals surface area contributed by atoms with Crippen molar-refractivity contribution in [2.24, 2.45) is 0 Å². The maximum atomic E-state index is 13.3. The second-order valence-electron chi connectivity index (χ2n) is 9.08. The molecule has 9 heteroatoms. The molecule has 8 nitrogen and oxygen atoms in total. The molecule has 1 amide bonds. The molecule has 2 aromatic carbocycles. The molecule has 0 aliphatic carbocycles. The first-order valence-electron chi connectivity index (χ1n) is 12.1. The summed E-state index contributed by atoms with van der Waals surface area (Å²) < 4.78 is 8.58. The van der Waals surface area contributed by atoms with Crippen LogP contribution < -0.4 is 15.7 Å². The van der Waals surface area contributed by atoms with Crippen LogP contribution in [0.5, 0.6) is 5.75 Å². The molecular weight excluding hydrogens is 466 g/mol. The number of hydrogen-bond donors (Lipinski definition) is 1. The van der Waals surface area contributed by atoms with Crippen LogP contribution in [-0.2, 0) is 11.3 Å². The number of likely N-dealkylation sites (tertiary alicyclic amines) is 1. The van der Waals surface area contributed by atoms with E-state index in [4.69, 9.17) is 16.3 Å². The van der Waals surface area contributed by atoms with E-state index in [1.807, 2.05) is 32.0 Å². The molecule has 0 unspecified atom stereocenters. The van der Waals surface area contributed by atoms with Crippen molar-refractivity contribution in [1.82, 2.24) is 24.6 Å². The van der Waals surface area contributed by atoms with Crippen LogP contribution in [0, 0.1) is 0 Å².